The van der Waals surface area contributed by atoms with Crippen molar-refractivity contribution in [2.45, 2.75) is 58.3 Å². The number of fused-ring (bicyclic) bond motifs is 1. The van der Waals surface area contributed by atoms with Gasteiger partial charge in [0.15, 0.2) is 0 Å². The van der Waals surface area contributed by atoms with Crippen LogP contribution < -0.4 is 0 Å². The number of hydrogen-bond acceptors (Lipinski definition) is 1. The molecule has 78 valence electrons. The average Bonchev–Trinajstić information content (AvgIpc) is 2.45. The third kappa shape index (κ3) is 1.33. The molecule has 1 aromatic rings. The fourth-order valence-corrected chi connectivity index (χ4v) is 3.54. The van der Waals surface area contributed by atoms with Crippen molar-refractivity contribution < 1.29 is 0 Å². The minimum absolute atomic E-state index is 0.373. The molecule has 0 fully saturated rings. The van der Waals surface area contributed by atoms with E-state index in [1.807, 2.05) is 11.3 Å². The number of thiophene rings is 1. The standard InChI is InChI=1S/C13H20S/c1-6-12(2,3)10-7-9-8-13(4,5)11(9)14-10/h7H,6,8H2,1-5H3. The van der Waals surface area contributed by atoms with Crippen molar-refractivity contribution in [1.82, 2.24) is 0 Å². The van der Waals surface area contributed by atoms with E-state index in [9.17, 15) is 0 Å². The zero-order chi connectivity index (χ0) is 10.6. The van der Waals surface area contributed by atoms with E-state index < -0.39 is 0 Å². The van der Waals surface area contributed by atoms with Crippen LogP contribution in [0.25, 0.3) is 0 Å². The van der Waals surface area contributed by atoms with Gasteiger partial charge >= 0.3 is 0 Å². The summed E-state index contributed by atoms with van der Waals surface area (Å²) in [7, 11) is 0. The van der Waals surface area contributed by atoms with E-state index in [0.29, 0.717) is 10.8 Å². The lowest BCUT2D eigenvalue weighted by atomic mass is 9.72. The lowest BCUT2D eigenvalue weighted by Gasteiger charge is -2.34. The Morgan fingerprint density at radius 1 is 1.43 bits per heavy atom. The first-order valence-electron chi connectivity index (χ1n) is 5.50. The van der Waals surface area contributed by atoms with Crippen LogP contribution in [0.4, 0.5) is 0 Å². The average molecular weight is 208 g/mol. The van der Waals surface area contributed by atoms with Gasteiger partial charge in [-0.1, -0.05) is 34.6 Å². The van der Waals surface area contributed by atoms with Crippen molar-refractivity contribution in [3.8, 4) is 0 Å². The van der Waals surface area contributed by atoms with E-state index in [0.717, 1.165) is 0 Å². The van der Waals surface area contributed by atoms with E-state index >= 15 is 0 Å². The van der Waals surface area contributed by atoms with Gasteiger partial charge in [0.2, 0.25) is 0 Å². The summed E-state index contributed by atoms with van der Waals surface area (Å²) in [4.78, 5) is 3.21. The van der Waals surface area contributed by atoms with Crippen molar-refractivity contribution in [2.24, 2.45) is 0 Å². The predicted molar refractivity (Wildman–Crippen MR) is 64.4 cm³/mol. The molecule has 0 atom stereocenters. The maximum Gasteiger partial charge on any atom is 0.0140 e. The first kappa shape index (κ1) is 10.2. The Morgan fingerprint density at radius 2 is 2.07 bits per heavy atom. The smallest absolute Gasteiger partial charge is 0.0140 e. The minimum Gasteiger partial charge on any atom is -0.144 e. The third-order valence-electron chi connectivity index (χ3n) is 3.61. The molecule has 1 aliphatic carbocycles. The van der Waals surface area contributed by atoms with E-state index in [1.54, 1.807) is 15.3 Å². The SMILES string of the molecule is CCC(C)(C)c1cc2c(s1)C(C)(C)C2. The van der Waals surface area contributed by atoms with E-state index in [-0.39, 0.29) is 0 Å². The maximum atomic E-state index is 2.44. The first-order valence-corrected chi connectivity index (χ1v) is 6.32. The fourth-order valence-electron chi connectivity index (χ4n) is 2.09. The molecule has 0 aliphatic heterocycles. The normalized spacial score (nSPS) is 18.9. The molecular weight excluding hydrogens is 188 g/mol. The Balaban J connectivity index is 2.37. The van der Waals surface area contributed by atoms with Gasteiger partial charge in [-0.15, -0.1) is 11.3 Å². The third-order valence-corrected chi connectivity index (χ3v) is 5.52. The monoisotopic (exact) mass is 208 g/mol. The molecule has 1 aliphatic rings. The summed E-state index contributed by atoms with van der Waals surface area (Å²) in [6, 6.07) is 2.44. The quantitative estimate of drug-likeness (QED) is 0.681. The zero-order valence-corrected chi connectivity index (χ0v) is 10.7. The Bertz CT molecular complexity index is 355. The van der Waals surface area contributed by atoms with Crippen LogP contribution in [0.15, 0.2) is 6.07 Å². The first-order chi connectivity index (χ1) is 6.37. The zero-order valence-electron chi connectivity index (χ0n) is 9.90. The molecule has 0 nitrogen and oxygen atoms in total. The van der Waals surface area contributed by atoms with Gasteiger partial charge in [-0.3, -0.25) is 0 Å². The lowest BCUT2D eigenvalue weighted by Crippen LogP contribution is -2.29. The van der Waals surface area contributed by atoms with Crippen molar-refractivity contribution in [1.29, 1.82) is 0 Å². The van der Waals surface area contributed by atoms with Crippen molar-refractivity contribution in [3.05, 3.63) is 21.4 Å². The van der Waals surface area contributed by atoms with Crippen LogP contribution in [0.3, 0.4) is 0 Å². The molecule has 1 heterocycles. The van der Waals surface area contributed by atoms with E-state index in [4.69, 9.17) is 0 Å². The Labute approximate surface area is 91.4 Å². The minimum atomic E-state index is 0.373. The summed E-state index contributed by atoms with van der Waals surface area (Å²) >= 11 is 2.04. The second-order valence-electron chi connectivity index (χ2n) is 5.76. The van der Waals surface area contributed by atoms with Gasteiger partial charge in [0.05, 0.1) is 0 Å². The molecule has 0 spiro atoms. The van der Waals surface area contributed by atoms with Gasteiger partial charge < -0.3 is 0 Å². The molecule has 0 radical (unpaired) electrons. The molecule has 1 aromatic heterocycles. The second kappa shape index (κ2) is 2.85. The topological polar surface area (TPSA) is 0 Å². The van der Waals surface area contributed by atoms with Crippen LogP contribution in [-0.2, 0) is 17.3 Å². The Hall–Kier alpha value is -0.300. The molecule has 0 amide bonds. The van der Waals surface area contributed by atoms with Gasteiger partial charge in [-0.05, 0) is 29.9 Å². The molecule has 0 bridgehead atoms. The summed E-state index contributed by atoms with van der Waals surface area (Å²) in [6.45, 7) is 11.7. The highest BCUT2D eigenvalue weighted by Crippen LogP contribution is 2.48. The molecule has 0 aromatic carbocycles. The molecule has 2 rings (SSSR count). The molecule has 0 N–H and O–H groups in total. The molecule has 0 saturated heterocycles. The largest absolute Gasteiger partial charge is 0.144 e. The second-order valence-corrected chi connectivity index (χ2v) is 6.82. The van der Waals surface area contributed by atoms with Crippen LogP contribution in [-0.4, -0.2) is 0 Å². The van der Waals surface area contributed by atoms with Gasteiger partial charge in [0, 0.05) is 15.2 Å². The molecule has 1 heteroatoms. The summed E-state index contributed by atoms with van der Waals surface area (Å²) in [6.07, 6.45) is 2.51. The van der Waals surface area contributed by atoms with Crippen molar-refractivity contribution in [3.63, 3.8) is 0 Å². The van der Waals surface area contributed by atoms with E-state index in [2.05, 4.69) is 40.7 Å². The number of hydrogen-bond donors (Lipinski definition) is 0. The van der Waals surface area contributed by atoms with Gasteiger partial charge in [-0.2, -0.15) is 0 Å². The lowest BCUT2D eigenvalue weighted by molar-refractivity contribution is 0.470. The Kier molecular flexibility index (Phi) is 2.08. The highest BCUT2D eigenvalue weighted by Gasteiger charge is 2.38. The van der Waals surface area contributed by atoms with Crippen LogP contribution >= 0.6 is 11.3 Å². The molecule has 0 unspecified atom stereocenters. The Morgan fingerprint density at radius 3 is 2.50 bits per heavy atom. The van der Waals surface area contributed by atoms with Gasteiger partial charge in [0.1, 0.15) is 0 Å². The summed E-state index contributed by atoms with van der Waals surface area (Å²) in [5.74, 6) is 0. The van der Waals surface area contributed by atoms with Crippen LogP contribution in [0, 0.1) is 0 Å². The highest BCUT2D eigenvalue weighted by molar-refractivity contribution is 7.12. The number of rotatable bonds is 2. The summed E-state index contributed by atoms with van der Waals surface area (Å²) < 4.78 is 0. The van der Waals surface area contributed by atoms with Gasteiger partial charge in [0.25, 0.3) is 0 Å². The molecule has 0 saturated carbocycles. The summed E-state index contributed by atoms with van der Waals surface area (Å²) in [5, 5.41) is 0. The maximum absolute atomic E-state index is 2.44. The van der Waals surface area contributed by atoms with Gasteiger partial charge in [-0.25, -0.2) is 0 Å². The molecule has 14 heavy (non-hydrogen) atoms. The van der Waals surface area contributed by atoms with E-state index in [1.165, 1.54) is 12.8 Å². The molecular formula is C13H20S. The highest BCUT2D eigenvalue weighted by atomic mass is 32.1. The van der Waals surface area contributed by atoms with Crippen molar-refractivity contribution >= 4 is 11.3 Å². The van der Waals surface area contributed by atoms with Crippen LogP contribution in [0.2, 0.25) is 0 Å². The fraction of sp³-hybridized carbons (Fsp3) is 0.692. The summed E-state index contributed by atoms with van der Waals surface area (Å²) in [5.41, 5.74) is 2.44. The predicted octanol–water partition coefficient (Wildman–Crippen LogP) is 4.27. The van der Waals surface area contributed by atoms with Crippen LogP contribution in [0.1, 0.15) is 56.4 Å². The van der Waals surface area contributed by atoms with Crippen LogP contribution in [0.5, 0.6) is 0 Å². The van der Waals surface area contributed by atoms with Crippen molar-refractivity contribution in [2.75, 3.05) is 0 Å².